The van der Waals surface area contributed by atoms with Crippen molar-refractivity contribution in [2.45, 2.75) is 44.9 Å². The second-order valence-corrected chi connectivity index (χ2v) is 7.85. The van der Waals surface area contributed by atoms with Gasteiger partial charge >= 0.3 is 5.97 Å². The maximum atomic E-state index is 13.2. The number of esters is 1. The van der Waals surface area contributed by atoms with Gasteiger partial charge in [0.1, 0.15) is 11.6 Å². The number of hydrogen-bond acceptors (Lipinski definition) is 6. The first-order chi connectivity index (χ1) is 15.7. The lowest BCUT2D eigenvalue weighted by molar-refractivity contribution is -0.145. The first-order valence-electron chi connectivity index (χ1n) is 11.1. The molecule has 7 nitrogen and oxygen atoms in total. The van der Waals surface area contributed by atoms with Gasteiger partial charge in [-0.2, -0.15) is 9.78 Å². The number of para-hydroxylation sites is 1. The third kappa shape index (κ3) is 5.04. The van der Waals surface area contributed by atoms with Crippen LogP contribution in [0.2, 0.25) is 0 Å². The van der Waals surface area contributed by atoms with Gasteiger partial charge in [0.05, 0.1) is 23.7 Å². The fraction of sp³-hybridized carbons (Fsp3) is 0.360. The Morgan fingerprint density at radius 1 is 1.12 bits per heavy atom. The Labute approximate surface area is 186 Å². The standard InChI is InChI=1S/C25H27N3O4/c1-2-31-23(29)17-32-20-14-12-18(13-15-20)16-26-28-24(19-8-4-3-5-9-19)27-22-11-7-6-10-21(22)25(28)30/h6-7,10-16,19H,2-5,8-9,17H2,1H3. The molecule has 1 saturated carbocycles. The van der Waals surface area contributed by atoms with Crippen LogP contribution in [0, 0.1) is 0 Å². The molecule has 1 aliphatic rings. The Morgan fingerprint density at radius 3 is 2.62 bits per heavy atom. The number of nitrogens with zero attached hydrogens (tertiary/aromatic N) is 3. The summed E-state index contributed by atoms with van der Waals surface area (Å²) in [6, 6.07) is 14.6. The SMILES string of the molecule is CCOC(=O)COc1ccc(C=Nn2c(C3CCCCC3)nc3ccccc3c2=O)cc1. The lowest BCUT2D eigenvalue weighted by Crippen LogP contribution is -2.25. The van der Waals surface area contributed by atoms with Crippen LogP contribution in [-0.2, 0) is 9.53 Å². The van der Waals surface area contributed by atoms with E-state index in [2.05, 4.69) is 5.10 Å². The van der Waals surface area contributed by atoms with Crippen molar-refractivity contribution in [1.29, 1.82) is 0 Å². The average molecular weight is 434 g/mol. The van der Waals surface area contributed by atoms with E-state index in [9.17, 15) is 9.59 Å². The van der Waals surface area contributed by atoms with Gasteiger partial charge in [-0.25, -0.2) is 9.78 Å². The average Bonchev–Trinajstić information content (AvgIpc) is 2.83. The Morgan fingerprint density at radius 2 is 1.88 bits per heavy atom. The highest BCUT2D eigenvalue weighted by Crippen LogP contribution is 2.31. The van der Waals surface area contributed by atoms with Gasteiger partial charge in [-0.05, 0) is 61.7 Å². The van der Waals surface area contributed by atoms with Crippen molar-refractivity contribution < 1.29 is 14.3 Å². The van der Waals surface area contributed by atoms with Gasteiger partial charge in [0.25, 0.3) is 5.56 Å². The molecular weight excluding hydrogens is 406 g/mol. The van der Waals surface area contributed by atoms with Crippen LogP contribution in [0.15, 0.2) is 58.4 Å². The van der Waals surface area contributed by atoms with Crippen molar-refractivity contribution in [2.24, 2.45) is 5.10 Å². The van der Waals surface area contributed by atoms with Gasteiger partial charge in [-0.1, -0.05) is 31.4 Å². The van der Waals surface area contributed by atoms with E-state index in [4.69, 9.17) is 14.5 Å². The van der Waals surface area contributed by atoms with Crippen LogP contribution < -0.4 is 10.3 Å². The van der Waals surface area contributed by atoms with Crippen LogP contribution >= 0.6 is 0 Å². The molecule has 0 bridgehead atoms. The van der Waals surface area contributed by atoms with Crippen molar-refractivity contribution in [2.75, 3.05) is 13.2 Å². The summed E-state index contributed by atoms with van der Waals surface area (Å²) in [5.41, 5.74) is 1.37. The molecule has 0 aliphatic heterocycles. The largest absolute Gasteiger partial charge is 0.482 e. The molecule has 1 heterocycles. The van der Waals surface area contributed by atoms with Crippen LogP contribution in [0.3, 0.4) is 0 Å². The van der Waals surface area contributed by atoms with Gasteiger partial charge in [0.2, 0.25) is 0 Å². The summed E-state index contributed by atoms with van der Waals surface area (Å²) in [7, 11) is 0. The third-order valence-electron chi connectivity index (χ3n) is 5.61. The zero-order chi connectivity index (χ0) is 22.3. The van der Waals surface area contributed by atoms with E-state index < -0.39 is 5.97 Å². The number of aromatic nitrogens is 2. The van der Waals surface area contributed by atoms with E-state index in [-0.39, 0.29) is 18.1 Å². The third-order valence-corrected chi connectivity index (χ3v) is 5.61. The minimum atomic E-state index is -0.406. The summed E-state index contributed by atoms with van der Waals surface area (Å²) >= 11 is 0. The maximum Gasteiger partial charge on any atom is 0.344 e. The molecule has 1 aromatic heterocycles. The molecule has 7 heteroatoms. The second-order valence-electron chi connectivity index (χ2n) is 7.85. The van der Waals surface area contributed by atoms with E-state index in [1.165, 1.54) is 11.1 Å². The Kier molecular flexibility index (Phi) is 6.94. The highest BCUT2D eigenvalue weighted by molar-refractivity contribution is 5.80. The summed E-state index contributed by atoms with van der Waals surface area (Å²) < 4.78 is 11.7. The molecule has 3 aromatic rings. The van der Waals surface area contributed by atoms with Gasteiger partial charge in [-0.15, -0.1) is 0 Å². The van der Waals surface area contributed by atoms with Gasteiger partial charge < -0.3 is 9.47 Å². The van der Waals surface area contributed by atoms with Gasteiger partial charge in [0.15, 0.2) is 6.61 Å². The molecule has 0 atom stereocenters. The van der Waals surface area contributed by atoms with E-state index in [1.54, 1.807) is 31.3 Å². The Hall–Kier alpha value is -3.48. The summed E-state index contributed by atoms with van der Waals surface area (Å²) in [4.78, 5) is 29.5. The molecule has 32 heavy (non-hydrogen) atoms. The molecule has 0 radical (unpaired) electrons. The molecular formula is C25H27N3O4. The predicted octanol–water partition coefficient (Wildman–Crippen LogP) is 4.27. The van der Waals surface area contributed by atoms with Crippen molar-refractivity contribution in [1.82, 2.24) is 9.66 Å². The normalized spacial score (nSPS) is 14.7. The van der Waals surface area contributed by atoms with E-state index in [0.29, 0.717) is 23.3 Å². The van der Waals surface area contributed by atoms with E-state index in [1.807, 2.05) is 30.3 Å². The van der Waals surface area contributed by atoms with E-state index >= 15 is 0 Å². The topological polar surface area (TPSA) is 82.8 Å². The molecule has 0 unspecified atom stereocenters. The minimum absolute atomic E-state index is 0.135. The fourth-order valence-electron chi connectivity index (χ4n) is 4.00. The number of ether oxygens (including phenoxy) is 2. The van der Waals surface area contributed by atoms with Crippen molar-refractivity contribution >= 4 is 23.1 Å². The molecule has 4 rings (SSSR count). The summed E-state index contributed by atoms with van der Waals surface area (Å²) in [5, 5.41) is 5.09. The molecule has 0 N–H and O–H groups in total. The quantitative estimate of drug-likeness (QED) is 0.411. The number of hydrogen-bond donors (Lipinski definition) is 0. The minimum Gasteiger partial charge on any atom is -0.482 e. The number of benzene rings is 2. The van der Waals surface area contributed by atoms with Crippen molar-refractivity contribution in [3.8, 4) is 5.75 Å². The molecule has 1 aliphatic carbocycles. The van der Waals surface area contributed by atoms with Crippen molar-refractivity contribution in [3.05, 3.63) is 70.3 Å². The molecule has 1 fully saturated rings. The monoisotopic (exact) mass is 433 g/mol. The molecule has 0 saturated heterocycles. The number of carbonyl (C=O) groups is 1. The Balaban J connectivity index is 1.59. The zero-order valence-electron chi connectivity index (χ0n) is 18.2. The first kappa shape index (κ1) is 21.7. The first-order valence-corrected chi connectivity index (χ1v) is 11.1. The van der Waals surface area contributed by atoms with Crippen molar-refractivity contribution in [3.63, 3.8) is 0 Å². The van der Waals surface area contributed by atoms with Gasteiger partial charge in [-0.3, -0.25) is 4.79 Å². The smallest absolute Gasteiger partial charge is 0.344 e. The van der Waals surface area contributed by atoms with Gasteiger partial charge in [0, 0.05) is 5.92 Å². The number of rotatable bonds is 7. The molecule has 0 spiro atoms. The zero-order valence-corrected chi connectivity index (χ0v) is 18.2. The molecule has 0 amide bonds. The second kappa shape index (κ2) is 10.2. The van der Waals surface area contributed by atoms with Crippen LogP contribution in [0.4, 0.5) is 0 Å². The van der Waals surface area contributed by atoms with Crippen LogP contribution in [0.1, 0.15) is 56.3 Å². The molecule has 2 aromatic carbocycles. The Bertz CT molecular complexity index is 1160. The summed E-state index contributed by atoms with van der Waals surface area (Å²) in [6.45, 7) is 1.94. The molecule has 166 valence electrons. The lowest BCUT2D eigenvalue weighted by Gasteiger charge is -2.22. The summed E-state index contributed by atoms with van der Waals surface area (Å²) in [5.74, 6) is 1.12. The highest BCUT2D eigenvalue weighted by Gasteiger charge is 2.22. The summed E-state index contributed by atoms with van der Waals surface area (Å²) in [6.07, 6.45) is 7.20. The highest BCUT2D eigenvalue weighted by atomic mass is 16.6. The fourth-order valence-corrected chi connectivity index (χ4v) is 4.00. The number of fused-ring (bicyclic) bond motifs is 1. The van der Waals surface area contributed by atoms with E-state index in [0.717, 1.165) is 37.1 Å². The maximum absolute atomic E-state index is 13.2. The number of carbonyl (C=O) groups excluding carboxylic acids is 1. The van der Waals surface area contributed by atoms with Crippen LogP contribution in [0.25, 0.3) is 10.9 Å². The van der Waals surface area contributed by atoms with Crippen LogP contribution in [-0.4, -0.2) is 35.1 Å². The lowest BCUT2D eigenvalue weighted by atomic mass is 9.88. The predicted molar refractivity (Wildman–Crippen MR) is 123 cm³/mol. The van der Waals surface area contributed by atoms with Crippen LogP contribution in [0.5, 0.6) is 5.75 Å².